The van der Waals surface area contributed by atoms with Crippen molar-refractivity contribution in [1.82, 2.24) is 87.6 Å². The number of likely N-dealkylation sites (N-methyl/N-ethyl adjacent to an activating group) is 3. The number of aliphatic hydroxyl groups excluding tert-OH is 1. The van der Waals surface area contributed by atoms with Crippen molar-refractivity contribution in [3.63, 3.8) is 0 Å². The summed E-state index contributed by atoms with van der Waals surface area (Å²) in [5.41, 5.74) is 18.6. The Bertz CT molecular complexity index is 4860. The molecule has 696 valence electrons. The van der Waals surface area contributed by atoms with Crippen LogP contribution in [-0.4, -0.2) is 294 Å². The summed E-state index contributed by atoms with van der Waals surface area (Å²) < 4.78 is 0. The number of primary amides is 2. The monoisotopic (exact) mass is 1800 g/mol. The Labute approximate surface area is 746 Å². The molecule has 4 aliphatic rings. The van der Waals surface area contributed by atoms with Crippen molar-refractivity contribution in [2.45, 2.75) is 247 Å². The fourth-order valence-corrected chi connectivity index (χ4v) is 17.2. The van der Waals surface area contributed by atoms with Gasteiger partial charge in [0.05, 0.1) is 24.8 Å². The SMILES string of the molecule is CCCC[C@H]1C(=O)N(C)[C@@H](CCCC)C(=O)NC2(CC2)C(=O)N[C@H](C(=O)NCC(N)=O)CSCC(=O)N[C@@H](Cc2ccc(O)cc2)C(=O)N(C)[C@@H](C)C(=O)N[C@@H](CC(N)=O)C(=O)N2CCC[C@H]2C(=O)N[C@@H](CC)C(=O)N[C@@H](CC(C)C)C(=O)N2C[C@H](O)C[C@H]2C(=O)NC(Cc2c[nH]c3ccccc23)C(=O)N[C@@H](CCN)C(=O)N[C@@H](Cc2c[nH]c3ccccc23)C(=O)N1C. The molecule has 4 fully saturated rings. The largest absolute Gasteiger partial charge is 0.508 e. The minimum absolute atomic E-state index is 0.0294. The van der Waals surface area contributed by atoms with Crippen molar-refractivity contribution < 1.29 is 91.7 Å². The normalized spacial score (nSPS) is 25.7. The van der Waals surface area contributed by atoms with Gasteiger partial charge in [-0.15, -0.1) is 11.8 Å². The van der Waals surface area contributed by atoms with Crippen molar-refractivity contribution >= 4 is 134 Å². The van der Waals surface area contributed by atoms with Crippen LogP contribution in [0.1, 0.15) is 155 Å². The molecule has 1 spiro atoms. The van der Waals surface area contributed by atoms with Crippen LogP contribution in [-0.2, 0) is 101 Å². The van der Waals surface area contributed by atoms with Gasteiger partial charge in [0.2, 0.25) is 100 Å². The van der Waals surface area contributed by atoms with E-state index in [1.165, 1.54) is 62.1 Å². The zero-order chi connectivity index (χ0) is 93.5. The molecule has 3 saturated heterocycles. The second kappa shape index (κ2) is 46.0. The number of phenolic OH excluding ortho intramolecular Hbond substituents is 1. The molecule has 9 rings (SSSR count). The lowest BCUT2D eigenvalue weighted by Crippen LogP contribution is -2.61. The second-order valence-electron chi connectivity index (χ2n) is 34.0. The highest BCUT2D eigenvalue weighted by Crippen LogP contribution is 2.37. The molecule has 3 aromatic carbocycles. The molecule has 40 heteroatoms. The number of hydrogen-bond donors (Lipinski definition) is 17. The van der Waals surface area contributed by atoms with E-state index in [1.807, 2.05) is 26.0 Å². The van der Waals surface area contributed by atoms with Gasteiger partial charge in [-0.2, -0.15) is 0 Å². The van der Waals surface area contributed by atoms with Gasteiger partial charge in [-0.25, -0.2) is 0 Å². The van der Waals surface area contributed by atoms with Gasteiger partial charge in [0.15, 0.2) is 0 Å². The predicted molar refractivity (Wildman–Crippen MR) is 473 cm³/mol. The number of phenols is 1. The maximum absolute atomic E-state index is 15.7. The Morgan fingerprint density at radius 1 is 0.562 bits per heavy atom. The molecule has 3 aliphatic heterocycles. The third-order valence-corrected chi connectivity index (χ3v) is 25.0. The number of rotatable bonds is 22. The summed E-state index contributed by atoms with van der Waals surface area (Å²) in [4.78, 5) is 260. The lowest BCUT2D eigenvalue weighted by Gasteiger charge is -2.36. The summed E-state index contributed by atoms with van der Waals surface area (Å²) in [5.74, 6) is -16.0. The van der Waals surface area contributed by atoms with Crippen LogP contribution < -0.4 is 70.4 Å². The van der Waals surface area contributed by atoms with Crippen LogP contribution >= 0.6 is 11.8 Å². The second-order valence-corrected chi connectivity index (χ2v) is 35.0. The maximum atomic E-state index is 15.7. The van der Waals surface area contributed by atoms with E-state index in [9.17, 15) is 58.2 Å². The van der Waals surface area contributed by atoms with E-state index >= 15 is 33.6 Å². The Kier molecular flexibility index (Phi) is 35.8. The molecule has 2 aromatic heterocycles. The number of aromatic nitrogens is 2. The number of aromatic hydroxyl groups is 1. The Balaban J connectivity index is 1.07. The van der Waals surface area contributed by atoms with Crippen molar-refractivity contribution in [3.8, 4) is 5.75 Å². The smallest absolute Gasteiger partial charge is 0.246 e. The number of H-pyrrole nitrogens is 2. The van der Waals surface area contributed by atoms with E-state index in [2.05, 4.69) is 63.1 Å². The lowest BCUT2D eigenvalue weighted by atomic mass is 9.99. The van der Waals surface area contributed by atoms with Crippen molar-refractivity contribution in [3.05, 3.63) is 102 Å². The molecular weight excluding hydrogens is 1670 g/mol. The third-order valence-electron chi connectivity index (χ3n) is 23.9. The lowest BCUT2D eigenvalue weighted by molar-refractivity contribution is -0.149. The molecule has 14 atom stereocenters. The first-order chi connectivity index (χ1) is 60.9. The van der Waals surface area contributed by atoms with Gasteiger partial charge in [-0.3, -0.25) is 81.5 Å². The molecule has 5 aromatic rings. The van der Waals surface area contributed by atoms with Crippen molar-refractivity contribution in [1.29, 1.82) is 0 Å². The zero-order valence-electron chi connectivity index (χ0n) is 73.9. The summed E-state index contributed by atoms with van der Waals surface area (Å²) in [6.07, 6.45) is 2.26. The zero-order valence-corrected chi connectivity index (χ0v) is 74.7. The first-order valence-electron chi connectivity index (χ1n) is 43.8. The number of aliphatic hydroxyl groups is 1. The number of carbonyl (C=O) groups excluding carboxylic acids is 17. The number of nitrogens with one attached hydrogen (secondary N) is 12. The molecule has 0 bridgehead atoms. The average molecular weight is 1800 g/mol. The highest BCUT2D eigenvalue weighted by molar-refractivity contribution is 8.00. The number of nitrogens with zero attached hydrogens (tertiary/aromatic N) is 5. The minimum atomic E-state index is -1.73. The first kappa shape index (κ1) is 99.6. The highest BCUT2D eigenvalue weighted by Gasteiger charge is 2.54. The van der Waals surface area contributed by atoms with E-state index in [1.54, 1.807) is 69.6 Å². The number of nitrogens with two attached hydrogens (primary N) is 3. The number of thioether (sulfide) groups is 1. The van der Waals surface area contributed by atoms with Gasteiger partial charge in [0.25, 0.3) is 0 Å². The van der Waals surface area contributed by atoms with Crippen LogP contribution in [0.15, 0.2) is 85.2 Å². The van der Waals surface area contributed by atoms with Gasteiger partial charge in [-0.1, -0.05) is 109 Å². The quantitative estimate of drug-likeness (QED) is 0.0386. The van der Waals surface area contributed by atoms with Crippen LogP contribution in [0, 0.1) is 5.92 Å². The highest BCUT2D eigenvalue weighted by atomic mass is 32.2. The van der Waals surface area contributed by atoms with Gasteiger partial charge in [0.1, 0.15) is 89.8 Å². The van der Waals surface area contributed by atoms with Crippen LogP contribution in [0.3, 0.4) is 0 Å². The van der Waals surface area contributed by atoms with Crippen LogP contribution in [0.25, 0.3) is 21.8 Å². The number of benzene rings is 3. The topological polar surface area (TPSA) is 577 Å². The molecular formula is C88H124N20O19S. The number of unbranched alkanes of at least 4 members (excludes halogenated alkanes) is 2. The molecule has 1 aliphatic carbocycles. The fourth-order valence-electron chi connectivity index (χ4n) is 16.4. The van der Waals surface area contributed by atoms with Gasteiger partial charge >= 0.3 is 0 Å². The summed E-state index contributed by atoms with van der Waals surface area (Å²) >= 11 is 0.813. The van der Waals surface area contributed by atoms with E-state index in [-0.39, 0.29) is 114 Å². The summed E-state index contributed by atoms with van der Waals surface area (Å²) in [7, 11) is 4.04. The number of hydrogen-bond acceptors (Lipinski definition) is 21. The maximum Gasteiger partial charge on any atom is 0.246 e. The number of para-hydroxylation sites is 2. The molecule has 5 heterocycles. The molecule has 39 nitrogen and oxygen atoms in total. The predicted octanol–water partition coefficient (Wildman–Crippen LogP) is -1.23. The fraction of sp³-hybridized carbons (Fsp3) is 0.557. The number of aromatic amines is 2. The minimum Gasteiger partial charge on any atom is -0.508 e. The van der Waals surface area contributed by atoms with E-state index in [0.717, 1.165) is 26.5 Å². The van der Waals surface area contributed by atoms with Gasteiger partial charge < -0.3 is 115 Å². The number of carbonyl (C=O) groups is 17. The number of fused-ring (bicyclic) bond motifs is 4. The van der Waals surface area contributed by atoms with E-state index in [0.29, 0.717) is 64.2 Å². The molecule has 17 amide bonds. The molecule has 1 unspecified atom stereocenters. The van der Waals surface area contributed by atoms with Crippen LogP contribution in [0.2, 0.25) is 0 Å². The van der Waals surface area contributed by atoms with Gasteiger partial charge in [-0.05, 0) is 118 Å². The van der Waals surface area contributed by atoms with E-state index in [4.69, 9.17) is 17.2 Å². The number of amides is 17. The first-order valence-corrected chi connectivity index (χ1v) is 44.9. The Hall–Kier alpha value is -12.2. The summed E-state index contributed by atoms with van der Waals surface area (Å²) in [5, 5.41) is 49.9. The van der Waals surface area contributed by atoms with Crippen LogP contribution in [0.4, 0.5) is 0 Å². The molecule has 0 radical (unpaired) electrons. The van der Waals surface area contributed by atoms with E-state index < -0.39 is 216 Å². The average Bonchev–Trinajstić information content (AvgIpc) is 1.63. The Morgan fingerprint density at radius 2 is 1.09 bits per heavy atom. The molecule has 20 N–H and O–H groups in total. The molecule has 128 heavy (non-hydrogen) atoms. The van der Waals surface area contributed by atoms with Gasteiger partial charge in [0, 0.05) is 99.9 Å². The van der Waals surface area contributed by atoms with Crippen molar-refractivity contribution in [2.24, 2.45) is 23.1 Å². The summed E-state index contributed by atoms with van der Waals surface area (Å²) in [6.45, 7) is 8.81. The molecule has 1 saturated carbocycles. The van der Waals surface area contributed by atoms with Crippen molar-refractivity contribution in [2.75, 3.05) is 58.8 Å². The third kappa shape index (κ3) is 26.0. The Morgan fingerprint density at radius 3 is 1.69 bits per heavy atom. The summed E-state index contributed by atoms with van der Waals surface area (Å²) in [6, 6.07) is 1.12. The van der Waals surface area contributed by atoms with Crippen LogP contribution in [0.5, 0.6) is 5.75 Å². The standard InChI is InChI=1S/C88H124N20O19S/c1-10-13-24-67-81(121)103-88(32-33-88)87(127)102-66(75(115)94-44-72(91)112)46-128-47-73(113)95-63(37-50-27-29-53(109)30-28-50)82(122)104(7)49(6)74(114)99-65(41-71(90)111)84(124)107-35-19-26-68(107)79(119)96-57(12-3)76(116)100-62(36-48(4)5)85(125)108-45-54(110)40-70(108)80(120)98-61(38-51-42-92-58-22-17-15-20-55(51)58)78(118)97-60(31-34-89)77(117)101-64(39-52-43-93-59-23-18-16-21-56(52)59)83(123)106(9)69(25-14-11-2)86(126)105(67)8/h15-18,20-23,27-30,42-43,48-49,54,57,60-70,92-93,109-110H,10-14,19,24-26,31-41,44-47,89H2,1-9H3,(H2,90,111)(H2,91,112)(H,94,115)(H,95,113)(H,96,119)(H,97,118)(H,98,120)(H,99,114)(H,100,116)(H,101,117)(H,102,127)(H,103,121)/t49-,54+,57-,60-,61?,62-,63-,64-,65-,66-,67-,68-,69-,70-/m0/s1.